The Hall–Kier alpha value is -2.29. The van der Waals surface area contributed by atoms with Gasteiger partial charge in [0.25, 0.3) is 5.91 Å². The molecule has 0 spiro atoms. The molecule has 0 saturated heterocycles. The molecule has 2 aromatic heterocycles. The maximum atomic E-state index is 14.3. The van der Waals surface area contributed by atoms with Gasteiger partial charge < -0.3 is 14.8 Å². The molecule has 1 aromatic carbocycles. The minimum Gasteiger partial charge on any atom is -0.462 e. The quantitative estimate of drug-likeness (QED) is 0.585. The van der Waals surface area contributed by atoms with E-state index >= 15 is 0 Å². The summed E-state index contributed by atoms with van der Waals surface area (Å²) in [6.07, 6.45) is 0. The van der Waals surface area contributed by atoms with Crippen molar-refractivity contribution in [3.8, 4) is 0 Å². The second-order valence-corrected chi connectivity index (χ2v) is 7.86. The van der Waals surface area contributed by atoms with E-state index in [2.05, 4.69) is 5.32 Å². The van der Waals surface area contributed by atoms with Crippen LogP contribution in [-0.2, 0) is 16.1 Å². The van der Waals surface area contributed by atoms with Crippen LogP contribution in [0.3, 0.4) is 0 Å². The number of hydrogen-bond donors (Lipinski definition) is 1. The molecule has 2 heterocycles. The fraction of sp³-hybridized carbons (Fsp3) is 0.263. The number of hydrogen-bond acceptors (Lipinski definition) is 6. The molecule has 1 amide bonds. The van der Waals surface area contributed by atoms with Crippen molar-refractivity contribution in [1.29, 1.82) is 0 Å². The second-order valence-electron chi connectivity index (χ2n) is 5.75. The minimum atomic E-state index is -0.412. The number of thiophene rings is 2. The van der Waals surface area contributed by atoms with Crippen LogP contribution in [0.5, 0.6) is 0 Å². The van der Waals surface area contributed by atoms with Gasteiger partial charge in [-0.05, 0) is 37.6 Å². The summed E-state index contributed by atoms with van der Waals surface area (Å²) in [5.74, 6) is -1.16. The molecule has 0 unspecified atom stereocenters. The molecule has 0 aliphatic rings. The number of amides is 1. The molecule has 0 radical (unpaired) electrons. The highest BCUT2D eigenvalue weighted by molar-refractivity contribution is 7.21. The summed E-state index contributed by atoms with van der Waals surface area (Å²) in [5, 5.41) is 3.74. The number of ether oxygens (including phenoxy) is 2. The zero-order chi connectivity index (χ0) is 19.6. The van der Waals surface area contributed by atoms with Gasteiger partial charge in [0.05, 0.1) is 23.1 Å². The van der Waals surface area contributed by atoms with Crippen LogP contribution in [-0.4, -0.2) is 25.6 Å². The molecule has 0 fully saturated rings. The van der Waals surface area contributed by atoms with Crippen molar-refractivity contribution < 1.29 is 23.5 Å². The van der Waals surface area contributed by atoms with Crippen molar-refractivity contribution in [3.63, 3.8) is 0 Å². The van der Waals surface area contributed by atoms with Crippen LogP contribution in [0, 0.1) is 12.7 Å². The van der Waals surface area contributed by atoms with E-state index in [1.807, 2.05) is 0 Å². The molecule has 0 aliphatic heterocycles. The molecule has 0 aliphatic carbocycles. The van der Waals surface area contributed by atoms with E-state index in [1.54, 1.807) is 32.0 Å². The van der Waals surface area contributed by atoms with Gasteiger partial charge in [-0.15, -0.1) is 22.7 Å². The highest BCUT2D eigenvalue weighted by Crippen LogP contribution is 2.35. The largest absolute Gasteiger partial charge is 0.462 e. The Labute approximate surface area is 163 Å². The number of fused-ring (bicyclic) bond motifs is 1. The van der Waals surface area contributed by atoms with Gasteiger partial charge in [-0.25, -0.2) is 9.18 Å². The molecule has 3 rings (SSSR count). The van der Waals surface area contributed by atoms with Gasteiger partial charge in [-0.2, -0.15) is 0 Å². The van der Waals surface area contributed by atoms with E-state index < -0.39 is 5.97 Å². The summed E-state index contributed by atoms with van der Waals surface area (Å²) in [5.41, 5.74) is 1.25. The van der Waals surface area contributed by atoms with Gasteiger partial charge in [0.1, 0.15) is 10.7 Å². The lowest BCUT2D eigenvalue weighted by Gasteiger charge is -2.04. The highest BCUT2D eigenvalue weighted by atomic mass is 32.1. The lowest BCUT2D eigenvalue weighted by molar-refractivity contribution is 0.0531. The minimum absolute atomic E-state index is 0.126. The first kappa shape index (κ1) is 19.5. The zero-order valence-corrected chi connectivity index (χ0v) is 16.7. The molecule has 0 bridgehead atoms. The molecule has 0 atom stereocenters. The monoisotopic (exact) mass is 407 g/mol. The molecule has 142 valence electrons. The normalized spacial score (nSPS) is 11.0. The third-order valence-corrected chi connectivity index (χ3v) is 6.20. The van der Waals surface area contributed by atoms with Gasteiger partial charge in [0, 0.05) is 22.8 Å². The van der Waals surface area contributed by atoms with Crippen molar-refractivity contribution >= 4 is 49.6 Å². The zero-order valence-electron chi connectivity index (χ0n) is 15.1. The summed E-state index contributed by atoms with van der Waals surface area (Å²) in [4.78, 5) is 25.6. The first-order valence-corrected chi connectivity index (χ1v) is 9.87. The summed E-state index contributed by atoms with van der Waals surface area (Å²) in [7, 11) is 1.50. The Balaban J connectivity index is 1.93. The second kappa shape index (κ2) is 8.16. The van der Waals surface area contributed by atoms with E-state index in [0.29, 0.717) is 30.4 Å². The number of anilines is 1. The fourth-order valence-corrected chi connectivity index (χ4v) is 4.82. The van der Waals surface area contributed by atoms with Crippen molar-refractivity contribution in [1.82, 2.24) is 0 Å². The van der Waals surface area contributed by atoms with Crippen LogP contribution in [0.4, 0.5) is 9.39 Å². The summed E-state index contributed by atoms with van der Waals surface area (Å²) < 4.78 is 25.1. The molecule has 0 saturated carbocycles. The predicted molar refractivity (Wildman–Crippen MR) is 105 cm³/mol. The fourth-order valence-electron chi connectivity index (χ4n) is 2.74. The van der Waals surface area contributed by atoms with Crippen LogP contribution in [0.15, 0.2) is 24.3 Å². The molecule has 5 nitrogen and oxygen atoms in total. The SMILES string of the molecule is CCOC(=O)c1sc(NC(=O)c2sc3cccc(F)c3c2COC)cc1C. The lowest BCUT2D eigenvalue weighted by atomic mass is 10.1. The third-order valence-electron chi connectivity index (χ3n) is 3.87. The van der Waals surface area contributed by atoms with Crippen molar-refractivity contribution in [3.05, 3.63) is 51.0 Å². The van der Waals surface area contributed by atoms with Crippen LogP contribution >= 0.6 is 22.7 Å². The Morgan fingerprint density at radius 1 is 1.22 bits per heavy atom. The van der Waals surface area contributed by atoms with Gasteiger partial charge in [0.15, 0.2) is 0 Å². The molecular formula is C19H18FNO4S2. The van der Waals surface area contributed by atoms with Gasteiger partial charge in [-0.3, -0.25) is 4.79 Å². The number of carbonyl (C=O) groups excluding carboxylic acids is 2. The number of halogens is 1. The van der Waals surface area contributed by atoms with Gasteiger partial charge >= 0.3 is 5.97 Å². The van der Waals surface area contributed by atoms with E-state index in [1.165, 1.54) is 24.5 Å². The van der Waals surface area contributed by atoms with Crippen LogP contribution in [0.1, 0.15) is 37.4 Å². The van der Waals surface area contributed by atoms with Crippen molar-refractivity contribution in [2.75, 3.05) is 19.0 Å². The van der Waals surface area contributed by atoms with Crippen molar-refractivity contribution in [2.45, 2.75) is 20.5 Å². The molecular weight excluding hydrogens is 389 g/mol. The van der Waals surface area contributed by atoms with Crippen molar-refractivity contribution in [2.24, 2.45) is 0 Å². The van der Waals surface area contributed by atoms with Gasteiger partial charge in [-0.1, -0.05) is 6.07 Å². The molecule has 3 aromatic rings. The number of esters is 1. The van der Waals surface area contributed by atoms with E-state index in [4.69, 9.17) is 9.47 Å². The number of methoxy groups -OCH3 is 1. The lowest BCUT2D eigenvalue weighted by Crippen LogP contribution is -2.11. The van der Waals surface area contributed by atoms with Crippen LogP contribution in [0.25, 0.3) is 10.1 Å². The first-order chi connectivity index (χ1) is 13.0. The smallest absolute Gasteiger partial charge is 0.348 e. The van der Waals surface area contributed by atoms with Crippen LogP contribution in [0.2, 0.25) is 0 Å². The Morgan fingerprint density at radius 2 is 2.00 bits per heavy atom. The molecule has 8 heteroatoms. The van der Waals surface area contributed by atoms with Crippen LogP contribution < -0.4 is 5.32 Å². The van der Waals surface area contributed by atoms with E-state index in [9.17, 15) is 14.0 Å². The number of nitrogens with one attached hydrogen (secondary N) is 1. The van der Waals surface area contributed by atoms with E-state index in [-0.39, 0.29) is 24.9 Å². The standard InChI is InChI=1S/C19H18FNO4S2/c1-4-25-19(23)16-10(2)8-14(27-16)21-18(22)17-11(9-24-3)15-12(20)6-5-7-13(15)26-17/h5-8H,4,9H2,1-3H3,(H,21,22). The number of rotatable bonds is 6. The first-order valence-electron chi connectivity index (χ1n) is 8.24. The average Bonchev–Trinajstić information content (AvgIpc) is 3.17. The average molecular weight is 407 g/mol. The Bertz CT molecular complexity index is 1010. The van der Waals surface area contributed by atoms with Gasteiger partial charge in [0.2, 0.25) is 0 Å². The molecule has 1 N–H and O–H groups in total. The number of aryl methyl sites for hydroxylation is 1. The Morgan fingerprint density at radius 3 is 2.70 bits per heavy atom. The van der Waals surface area contributed by atoms with E-state index in [0.717, 1.165) is 16.9 Å². The third kappa shape index (κ3) is 3.87. The topological polar surface area (TPSA) is 64.6 Å². The predicted octanol–water partition coefficient (Wildman–Crippen LogP) is 4.99. The number of carbonyl (C=O) groups is 2. The highest BCUT2D eigenvalue weighted by Gasteiger charge is 2.22. The summed E-state index contributed by atoms with van der Waals surface area (Å²) >= 11 is 2.36. The molecule has 27 heavy (non-hydrogen) atoms. The maximum absolute atomic E-state index is 14.3. The summed E-state index contributed by atoms with van der Waals surface area (Å²) in [6.45, 7) is 3.93. The number of benzene rings is 1. The summed E-state index contributed by atoms with van der Waals surface area (Å²) in [6, 6.07) is 6.47. The maximum Gasteiger partial charge on any atom is 0.348 e. The Kier molecular flexibility index (Phi) is 5.88.